The van der Waals surface area contributed by atoms with E-state index in [-0.39, 0.29) is 16.5 Å². The first-order chi connectivity index (χ1) is 8.58. The molecule has 18 heavy (non-hydrogen) atoms. The molecule has 0 unspecified atom stereocenters. The van der Waals surface area contributed by atoms with E-state index < -0.39 is 0 Å². The summed E-state index contributed by atoms with van der Waals surface area (Å²) in [5.74, 6) is 0.744. The Kier molecular flexibility index (Phi) is 3.99. The Morgan fingerprint density at radius 2 is 2.17 bits per heavy atom. The highest BCUT2D eigenvalue weighted by molar-refractivity contribution is 6.36. The maximum atomic E-state index is 12.0. The van der Waals surface area contributed by atoms with Gasteiger partial charge < -0.3 is 4.57 Å². The molecule has 6 heteroatoms. The van der Waals surface area contributed by atoms with Gasteiger partial charge in [0.2, 0.25) is 0 Å². The van der Waals surface area contributed by atoms with E-state index in [4.69, 9.17) is 23.2 Å². The molecule has 2 aromatic rings. The third-order valence-electron chi connectivity index (χ3n) is 2.57. The Labute approximate surface area is 115 Å². The van der Waals surface area contributed by atoms with Crippen LogP contribution in [0.4, 0.5) is 0 Å². The van der Waals surface area contributed by atoms with Crippen LogP contribution in [0.15, 0.2) is 24.7 Å². The van der Waals surface area contributed by atoms with E-state index in [0.717, 1.165) is 5.82 Å². The largest absolute Gasteiger partial charge is 0.338 e. The molecule has 0 N–H and O–H groups in total. The molecule has 0 saturated heterocycles. The van der Waals surface area contributed by atoms with Gasteiger partial charge in [0, 0.05) is 38.5 Å². The lowest BCUT2D eigenvalue weighted by atomic mass is 10.1. The molecule has 0 radical (unpaired) electrons. The summed E-state index contributed by atoms with van der Waals surface area (Å²) in [5.41, 5.74) is 0.260. The van der Waals surface area contributed by atoms with Gasteiger partial charge in [0.1, 0.15) is 11.5 Å². The van der Waals surface area contributed by atoms with E-state index >= 15 is 0 Å². The summed E-state index contributed by atoms with van der Waals surface area (Å²) in [6.07, 6.45) is 5.84. The summed E-state index contributed by atoms with van der Waals surface area (Å²) in [7, 11) is 1.89. The Morgan fingerprint density at radius 1 is 1.39 bits per heavy atom. The summed E-state index contributed by atoms with van der Waals surface area (Å²) < 4.78 is 1.88. The zero-order valence-corrected chi connectivity index (χ0v) is 11.2. The second-order valence-corrected chi connectivity index (χ2v) is 4.71. The van der Waals surface area contributed by atoms with Crippen molar-refractivity contribution in [3.05, 3.63) is 46.2 Å². The lowest BCUT2D eigenvalue weighted by Gasteiger charge is -2.03. The summed E-state index contributed by atoms with van der Waals surface area (Å²) in [5, 5.41) is 0.702. The summed E-state index contributed by atoms with van der Waals surface area (Å²) in [6.45, 7) is 0. The Balaban J connectivity index is 2.06. The quantitative estimate of drug-likeness (QED) is 0.811. The molecule has 0 aliphatic rings. The number of imidazole rings is 1. The zero-order chi connectivity index (χ0) is 13.1. The van der Waals surface area contributed by atoms with E-state index in [1.165, 1.54) is 12.3 Å². The van der Waals surface area contributed by atoms with Crippen LogP contribution in [0, 0.1) is 0 Å². The number of hydrogen-bond acceptors (Lipinski definition) is 3. The van der Waals surface area contributed by atoms with Crippen LogP contribution in [0.3, 0.4) is 0 Å². The van der Waals surface area contributed by atoms with Crippen LogP contribution in [-0.4, -0.2) is 20.3 Å². The minimum atomic E-state index is -0.111. The SMILES string of the molecule is Cn1ccnc1CCC(=O)c1ncc(Cl)cc1Cl. The Hall–Kier alpha value is -1.39. The fraction of sp³-hybridized carbons (Fsp3) is 0.250. The van der Waals surface area contributed by atoms with Gasteiger partial charge in [-0.2, -0.15) is 0 Å². The molecule has 0 aliphatic heterocycles. The van der Waals surface area contributed by atoms with Crippen molar-refractivity contribution in [3.8, 4) is 0 Å². The highest BCUT2D eigenvalue weighted by Gasteiger charge is 2.13. The van der Waals surface area contributed by atoms with E-state index in [0.29, 0.717) is 17.9 Å². The molecule has 2 rings (SSSR count). The van der Waals surface area contributed by atoms with Crippen LogP contribution in [0.5, 0.6) is 0 Å². The number of hydrogen-bond donors (Lipinski definition) is 0. The predicted octanol–water partition coefficient (Wildman–Crippen LogP) is 2.94. The number of aryl methyl sites for hydroxylation is 2. The first kappa shape index (κ1) is 13.1. The van der Waals surface area contributed by atoms with Gasteiger partial charge in [0.15, 0.2) is 5.78 Å². The molecule has 0 fully saturated rings. The Bertz CT molecular complexity index is 580. The van der Waals surface area contributed by atoms with Crippen LogP contribution < -0.4 is 0 Å². The van der Waals surface area contributed by atoms with Crippen molar-refractivity contribution in [2.24, 2.45) is 7.05 Å². The molecule has 0 atom stereocenters. The number of halogens is 2. The van der Waals surface area contributed by atoms with Crippen LogP contribution in [-0.2, 0) is 13.5 Å². The molecule has 4 nitrogen and oxygen atoms in total. The van der Waals surface area contributed by atoms with Crippen molar-refractivity contribution in [2.45, 2.75) is 12.8 Å². The number of carbonyl (C=O) groups excluding carboxylic acids is 1. The fourth-order valence-electron chi connectivity index (χ4n) is 1.60. The van der Waals surface area contributed by atoms with Gasteiger partial charge >= 0.3 is 0 Å². The number of aromatic nitrogens is 3. The van der Waals surface area contributed by atoms with E-state index in [2.05, 4.69) is 9.97 Å². The molecule has 2 aromatic heterocycles. The van der Waals surface area contributed by atoms with Crippen LogP contribution in [0.2, 0.25) is 10.0 Å². The number of carbonyl (C=O) groups is 1. The molecule has 2 heterocycles. The highest BCUT2D eigenvalue weighted by Crippen LogP contribution is 2.20. The van der Waals surface area contributed by atoms with Gasteiger partial charge in [-0.3, -0.25) is 9.78 Å². The van der Waals surface area contributed by atoms with Crippen molar-refractivity contribution >= 4 is 29.0 Å². The molecule has 0 aliphatic carbocycles. The van der Waals surface area contributed by atoms with Crippen molar-refractivity contribution in [1.29, 1.82) is 0 Å². The second kappa shape index (κ2) is 5.50. The standard InChI is InChI=1S/C12H11Cl2N3O/c1-17-5-4-15-11(17)3-2-10(18)12-9(14)6-8(13)7-16-12/h4-7H,2-3H2,1H3. The predicted molar refractivity (Wildman–Crippen MR) is 70.1 cm³/mol. The average Bonchev–Trinajstić information content (AvgIpc) is 2.72. The van der Waals surface area contributed by atoms with E-state index in [1.807, 2.05) is 17.8 Å². The highest BCUT2D eigenvalue weighted by atomic mass is 35.5. The monoisotopic (exact) mass is 283 g/mol. The zero-order valence-electron chi connectivity index (χ0n) is 9.73. The van der Waals surface area contributed by atoms with Crippen molar-refractivity contribution in [3.63, 3.8) is 0 Å². The average molecular weight is 284 g/mol. The molecular formula is C12H11Cl2N3O. The normalized spacial score (nSPS) is 10.6. The summed E-state index contributed by atoms with van der Waals surface area (Å²) in [6, 6.07) is 1.52. The maximum Gasteiger partial charge on any atom is 0.183 e. The summed E-state index contributed by atoms with van der Waals surface area (Å²) in [4.78, 5) is 20.1. The first-order valence-electron chi connectivity index (χ1n) is 5.38. The number of ketones is 1. The first-order valence-corrected chi connectivity index (χ1v) is 6.14. The third-order valence-corrected chi connectivity index (χ3v) is 3.06. The fourth-order valence-corrected chi connectivity index (χ4v) is 2.09. The third kappa shape index (κ3) is 2.89. The molecule has 0 bridgehead atoms. The smallest absolute Gasteiger partial charge is 0.183 e. The second-order valence-electron chi connectivity index (χ2n) is 3.86. The van der Waals surface area contributed by atoms with Gasteiger partial charge in [-0.1, -0.05) is 23.2 Å². The van der Waals surface area contributed by atoms with Gasteiger partial charge in [-0.15, -0.1) is 0 Å². The van der Waals surface area contributed by atoms with Gasteiger partial charge in [-0.25, -0.2) is 4.98 Å². The lowest BCUT2D eigenvalue weighted by Crippen LogP contribution is -2.07. The molecule has 0 spiro atoms. The number of Topliss-reactive ketones (excluding diaryl/α,β-unsaturated/α-hetero) is 1. The molecular weight excluding hydrogens is 273 g/mol. The van der Waals surface area contributed by atoms with Crippen LogP contribution in [0.25, 0.3) is 0 Å². The maximum absolute atomic E-state index is 12.0. The number of rotatable bonds is 4. The van der Waals surface area contributed by atoms with Gasteiger partial charge in [-0.05, 0) is 6.07 Å². The number of nitrogens with zero attached hydrogens (tertiary/aromatic N) is 3. The molecule has 0 aromatic carbocycles. The molecule has 0 saturated carbocycles. The summed E-state index contributed by atoms with van der Waals surface area (Å²) >= 11 is 11.7. The topological polar surface area (TPSA) is 47.8 Å². The van der Waals surface area contributed by atoms with Gasteiger partial charge in [0.25, 0.3) is 0 Å². The van der Waals surface area contributed by atoms with Crippen molar-refractivity contribution in [2.75, 3.05) is 0 Å². The van der Waals surface area contributed by atoms with Gasteiger partial charge in [0.05, 0.1) is 10.0 Å². The molecule has 94 valence electrons. The Morgan fingerprint density at radius 3 is 2.78 bits per heavy atom. The van der Waals surface area contributed by atoms with Crippen molar-refractivity contribution < 1.29 is 4.79 Å². The minimum Gasteiger partial charge on any atom is -0.338 e. The number of pyridine rings is 1. The van der Waals surface area contributed by atoms with E-state index in [1.54, 1.807) is 6.20 Å². The minimum absolute atomic E-state index is 0.111. The van der Waals surface area contributed by atoms with Crippen LogP contribution >= 0.6 is 23.2 Å². The van der Waals surface area contributed by atoms with E-state index in [9.17, 15) is 4.79 Å². The lowest BCUT2D eigenvalue weighted by molar-refractivity contribution is 0.0977. The van der Waals surface area contributed by atoms with Crippen LogP contribution in [0.1, 0.15) is 22.7 Å². The van der Waals surface area contributed by atoms with Crippen molar-refractivity contribution in [1.82, 2.24) is 14.5 Å². The molecule has 0 amide bonds.